The molecule has 25 heavy (non-hydrogen) atoms. The van der Waals surface area contributed by atoms with Gasteiger partial charge in [0.2, 0.25) is 0 Å². The largest absolute Gasteiger partial charge is 0.454 e. The van der Waals surface area contributed by atoms with Crippen LogP contribution in [0.4, 0.5) is 0 Å². The van der Waals surface area contributed by atoms with Crippen LogP contribution in [0.1, 0.15) is 27.7 Å². The number of hydrogen-bond acceptors (Lipinski definition) is 4. The Labute approximate surface area is 143 Å². The van der Waals surface area contributed by atoms with Crippen LogP contribution >= 0.6 is 0 Å². The summed E-state index contributed by atoms with van der Waals surface area (Å²) in [5.74, 6) is 1.41. The number of amides is 1. The van der Waals surface area contributed by atoms with Crippen LogP contribution in [0.3, 0.4) is 0 Å². The maximum atomic E-state index is 12.2. The second-order valence-corrected chi connectivity index (χ2v) is 5.89. The highest BCUT2D eigenvalue weighted by Gasteiger charge is 2.12. The summed E-state index contributed by atoms with van der Waals surface area (Å²) in [6, 6.07) is 9.46. The third-order valence-corrected chi connectivity index (χ3v) is 3.89. The Bertz CT molecular complexity index is 1010. The van der Waals surface area contributed by atoms with Gasteiger partial charge < -0.3 is 19.3 Å². The van der Waals surface area contributed by atoms with Crippen LogP contribution in [0.15, 0.2) is 53.5 Å². The first-order chi connectivity index (χ1) is 12.2. The van der Waals surface area contributed by atoms with Crippen LogP contribution in [0.5, 0.6) is 0 Å². The minimum atomic E-state index is -0.270. The van der Waals surface area contributed by atoms with Crippen LogP contribution in [-0.2, 0) is 13.1 Å². The van der Waals surface area contributed by atoms with Crippen molar-refractivity contribution < 1.29 is 9.21 Å². The van der Waals surface area contributed by atoms with Crippen molar-refractivity contribution in [3.63, 3.8) is 0 Å². The average molecular weight is 335 g/mol. The molecule has 4 aromatic rings. The number of hydrogen-bond donors (Lipinski definition) is 2. The van der Waals surface area contributed by atoms with E-state index in [-0.39, 0.29) is 11.7 Å². The number of carbonyl (C=O) groups is 1. The molecule has 0 spiro atoms. The molecule has 0 fully saturated rings. The second-order valence-electron chi connectivity index (χ2n) is 5.89. The summed E-state index contributed by atoms with van der Waals surface area (Å²) >= 11 is 0. The van der Waals surface area contributed by atoms with Gasteiger partial charge in [0.1, 0.15) is 11.6 Å². The Hall–Kier alpha value is -3.35. The predicted molar refractivity (Wildman–Crippen MR) is 92.0 cm³/mol. The first-order valence-electron chi connectivity index (χ1n) is 7.95. The molecule has 0 aliphatic heterocycles. The number of nitrogens with one attached hydrogen (secondary N) is 2. The Morgan fingerprint density at radius 3 is 3.08 bits per heavy atom. The molecule has 0 unspecified atom stereocenters. The monoisotopic (exact) mass is 335 g/mol. The normalized spacial score (nSPS) is 11.1. The number of rotatable bonds is 5. The van der Waals surface area contributed by atoms with Gasteiger partial charge in [0.05, 0.1) is 30.5 Å². The minimum Gasteiger partial charge on any atom is -0.454 e. The molecule has 0 saturated heterocycles. The number of benzene rings is 1. The molecule has 2 N–H and O–H groups in total. The Kier molecular flexibility index (Phi) is 3.81. The highest BCUT2D eigenvalue weighted by atomic mass is 16.4. The van der Waals surface area contributed by atoms with Crippen molar-refractivity contribution >= 4 is 16.9 Å². The number of aromatic nitrogens is 4. The lowest BCUT2D eigenvalue weighted by Crippen LogP contribution is -2.22. The van der Waals surface area contributed by atoms with Crippen molar-refractivity contribution in [3.8, 4) is 0 Å². The van der Waals surface area contributed by atoms with E-state index in [0.717, 1.165) is 16.6 Å². The van der Waals surface area contributed by atoms with E-state index in [0.29, 0.717) is 24.7 Å². The fourth-order valence-corrected chi connectivity index (χ4v) is 2.66. The first kappa shape index (κ1) is 15.2. The van der Waals surface area contributed by atoms with Gasteiger partial charge in [0, 0.05) is 12.4 Å². The number of aryl methyl sites for hydroxylation is 1. The van der Waals surface area contributed by atoms with E-state index in [1.54, 1.807) is 24.7 Å². The first-order valence-corrected chi connectivity index (χ1v) is 7.95. The fraction of sp³-hybridized carbons (Fsp3) is 0.167. The molecule has 1 amide bonds. The zero-order chi connectivity index (χ0) is 17.2. The zero-order valence-corrected chi connectivity index (χ0v) is 13.7. The highest BCUT2D eigenvalue weighted by molar-refractivity contribution is 5.91. The molecule has 4 rings (SSSR count). The van der Waals surface area contributed by atoms with Gasteiger partial charge in [-0.1, -0.05) is 6.07 Å². The summed E-state index contributed by atoms with van der Waals surface area (Å²) in [5.41, 5.74) is 3.01. The molecule has 1 aromatic carbocycles. The number of H-pyrrole nitrogens is 1. The number of carbonyl (C=O) groups excluding carboxylic acids is 1. The molecule has 0 bridgehead atoms. The maximum Gasteiger partial charge on any atom is 0.287 e. The summed E-state index contributed by atoms with van der Waals surface area (Å²) in [5, 5.41) is 2.82. The molecule has 0 saturated carbocycles. The highest BCUT2D eigenvalue weighted by Crippen LogP contribution is 2.14. The molecule has 3 heterocycles. The molecule has 0 aliphatic rings. The maximum absolute atomic E-state index is 12.2. The van der Waals surface area contributed by atoms with Gasteiger partial charge in [0.15, 0.2) is 5.76 Å². The van der Waals surface area contributed by atoms with Crippen LogP contribution in [0.2, 0.25) is 0 Å². The number of imidazole rings is 2. The van der Waals surface area contributed by atoms with E-state index >= 15 is 0 Å². The van der Waals surface area contributed by atoms with Crippen molar-refractivity contribution in [3.05, 3.63) is 72.0 Å². The van der Waals surface area contributed by atoms with Crippen LogP contribution in [0, 0.1) is 6.92 Å². The smallest absolute Gasteiger partial charge is 0.287 e. The van der Waals surface area contributed by atoms with E-state index < -0.39 is 0 Å². The van der Waals surface area contributed by atoms with E-state index in [9.17, 15) is 4.79 Å². The lowest BCUT2D eigenvalue weighted by atomic mass is 10.2. The molecule has 0 radical (unpaired) electrons. The molecule has 126 valence electrons. The summed E-state index contributed by atoms with van der Waals surface area (Å²) in [6.07, 6.45) is 5.24. The Morgan fingerprint density at radius 2 is 2.24 bits per heavy atom. The zero-order valence-electron chi connectivity index (χ0n) is 13.7. The molecule has 0 atom stereocenters. The minimum absolute atomic E-state index is 0.270. The summed E-state index contributed by atoms with van der Waals surface area (Å²) < 4.78 is 7.46. The topological polar surface area (TPSA) is 88.7 Å². The van der Waals surface area contributed by atoms with Gasteiger partial charge in [-0.15, -0.1) is 0 Å². The molecule has 7 nitrogen and oxygen atoms in total. The predicted octanol–water partition coefficient (Wildman–Crippen LogP) is 2.64. The van der Waals surface area contributed by atoms with Gasteiger partial charge >= 0.3 is 0 Å². The third kappa shape index (κ3) is 3.30. The Balaban J connectivity index is 1.40. The van der Waals surface area contributed by atoms with E-state index in [1.165, 1.54) is 0 Å². The van der Waals surface area contributed by atoms with Gasteiger partial charge in [0.25, 0.3) is 5.91 Å². The summed E-state index contributed by atoms with van der Waals surface area (Å²) in [6.45, 7) is 2.88. The van der Waals surface area contributed by atoms with Crippen molar-refractivity contribution in [1.29, 1.82) is 0 Å². The summed E-state index contributed by atoms with van der Waals surface area (Å²) in [7, 11) is 0. The van der Waals surface area contributed by atoms with Crippen molar-refractivity contribution in [2.75, 3.05) is 0 Å². The van der Waals surface area contributed by atoms with E-state index in [1.807, 2.05) is 35.9 Å². The van der Waals surface area contributed by atoms with Crippen molar-refractivity contribution in [2.24, 2.45) is 0 Å². The number of furan rings is 1. The molecular weight excluding hydrogens is 318 g/mol. The van der Waals surface area contributed by atoms with Crippen LogP contribution in [0.25, 0.3) is 11.0 Å². The van der Waals surface area contributed by atoms with E-state index in [2.05, 4.69) is 20.3 Å². The average Bonchev–Trinajstić information content (AvgIpc) is 3.33. The second kappa shape index (κ2) is 6.27. The Morgan fingerprint density at radius 1 is 1.32 bits per heavy atom. The molecule has 0 aliphatic carbocycles. The van der Waals surface area contributed by atoms with Crippen molar-refractivity contribution in [2.45, 2.75) is 20.0 Å². The standard InChI is InChI=1S/C18H17N5O2/c1-12-2-4-14-15(8-12)22-17(21-14)9-20-18(24)16-5-3-13(25-16)10-23-7-6-19-11-23/h2-8,11H,9-10H2,1H3,(H,20,24)(H,21,22). The lowest BCUT2D eigenvalue weighted by Gasteiger charge is -2.01. The SMILES string of the molecule is Cc1ccc2nc(CNC(=O)c3ccc(Cn4ccnc4)o3)[nH]c2c1. The summed E-state index contributed by atoms with van der Waals surface area (Å²) in [4.78, 5) is 23.9. The molecular formula is C18H17N5O2. The van der Waals surface area contributed by atoms with Gasteiger partial charge in [-0.05, 0) is 36.8 Å². The number of nitrogens with zero attached hydrogens (tertiary/aromatic N) is 3. The van der Waals surface area contributed by atoms with E-state index in [4.69, 9.17) is 4.42 Å². The quantitative estimate of drug-likeness (QED) is 0.587. The fourth-order valence-electron chi connectivity index (χ4n) is 2.66. The van der Waals surface area contributed by atoms with Crippen LogP contribution < -0.4 is 5.32 Å². The number of fused-ring (bicyclic) bond motifs is 1. The molecule has 3 aromatic heterocycles. The van der Waals surface area contributed by atoms with Gasteiger partial charge in [-0.2, -0.15) is 0 Å². The van der Waals surface area contributed by atoms with Gasteiger partial charge in [-0.25, -0.2) is 9.97 Å². The van der Waals surface area contributed by atoms with Gasteiger partial charge in [-0.3, -0.25) is 4.79 Å². The van der Waals surface area contributed by atoms with Crippen molar-refractivity contribution in [1.82, 2.24) is 24.8 Å². The third-order valence-electron chi connectivity index (χ3n) is 3.89. The number of aromatic amines is 1. The molecule has 7 heteroatoms. The lowest BCUT2D eigenvalue weighted by molar-refractivity contribution is 0.0920. The van der Waals surface area contributed by atoms with Crippen LogP contribution in [-0.4, -0.2) is 25.4 Å².